The lowest BCUT2D eigenvalue weighted by atomic mass is 10.2. The number of hydrogen-bond acceptors (Lipinski definition) is 7. The van der Waals surface area contributed by atoms with Crippen molar-refractivity contribution in [3.05, 3.63) is 63.5 Å². The molecule has 0 aliphatic heterocycles. The summed E-state index contributed by atoms with van der Waals surface area (Å²) in [6.45, 7) is 6.62. The lowest BCUT2D eigenvalue weighted by Gasteiger charge is -2.10. The van der Waals surface area contributed by atoms with Gasteiger partial charge in [0.05, 0.1) is 12.2 Å². The van der Waals surface area contributed by atoms with E-state index in [1.807, 2.05) is 36.9 Å². The van der Waals surface area contributed by atoms with Gasteiger partial charge in [-0.25, -0.2) is 0 Å². The number of aryl methyl sites for hydroxylation is 2. The van der Waals surface area contributed by atoms with Gasteiger partial charge in [-0.3, -0.25) is 9.36 Å². The number of nitrogen functional groups attached to an aromatic ring is 1. The van der Waals surface area contributed by atoms with Gasteiger partial charge < -0.3 is 11.1 Å². The third-order valence-corrected chi connectivity index (χ3v) is 5.77. The largest absolute Gasteiger partial charge is 0.398 e. The fourth-order valence-electron chi connectivity index (χ4n) is 3.11. The molecule has 0 radical (unpaired) electrons. The van der Waals surface area contributed by atoms with Crippen LogP contribution in [0.25, 0.3) is 0 Å². The minimum atomic E-state index is 0.0140. The fourth-order valence-corrected chi connectivity index (χ4v) is 4.09. The zero-order chi connectivity index (χ0) is 20.5. The summed E-state index contributed by atoms with van der Waals surface area (Å²) < 4.78 is 3.76. The zero-order valence-corrected chi connectivity index (χ0v) is 17.9. The van der Waals surface area contributed by atoms with Crippen LogP contribution in [-0.4, -0.2) is 29.8 Å². The molecule has 4 rings (SSSR count). The first kappa shape index (κ1) is 19.4. The van der Waals surface area contributed by atoms with E-state index in [2.05, 4.69) is 38.7 Å². The van der Waals surface area contributed by atoms with Crippen LogP contribution in [0.1, 0.15) is 34.9 Å². The quantitative estimate of drug-likeness (QED) is 0.447. The summed E-state index contributed by atoms with van der Waals surface area (Å²) in [4.78, 5) is 0. The van der Waals surface area contributed by atoms with Crippen molar-refractivity contribution in [2.24, 2.45) is 0 Å². The first-order valence-electron chi connectivity index (χ1n) is 9.09. The number of benzene rings is 1. The van der Waals surface area contributed by atoms with Gasteiger partial charge in [-0.05, 0) is 50.6 Å². The molecule has 0 aliphatic rings. The van der Waals surface area contributed by atoms with Gasteiger partial charge in [-0.15, -0.1) is 10.2 Å². The number of halogens is 1. The van der Waals surface area contributed by atoms with Crippen LogP contribution in [-0.2, 0) is 6.54 Å². The highest BCUT2D eigenvalue weighted by Crippen LogP contribution is 2.27. The molecule has 3 N–H and O–H groups in total. The Balaban J connectivity index is 1.46. The molecule has 150 valence electrons. The van der Waals surface area contributed by atoms with Crippen LogP contribution in [0, 0.1) is 13.8 Å². The molecule has 3 aromatic heterocycles. The van der Waals surface area contributed by atoms with Gasteiger partial charge in [0.1, 0.15) is 11.0 Å². The van der Waals surface area contributed by atoms with Crippen molar-refractivity contribution in [3.63, 3.8) is 0 Å². The van der Waals surface area contributed by atoms with Crippen LogP contribution in [0.5, 0.6) is 0 Å². The molecular weight excluding hydrogens is 408 g/mol. The third-order valence-electron chi connectivity index (χ3n) is 4.52. The van der Waals surface area contributed by atoms with Gasteiger partial charge in [-0.1, -0.05) is 22.9 Å². The van der Waals surface area contributed by atoms with Crippen molar-refractivity contribution in [3.8, 4) is 0 Å². The van der Waals surface area contributed by atoms with Crippen molar-refractivity contribution < 1.29 is 0 Å². The second-order valence-corrected chi connectivity index (χ2v) is 8.31. The van der Waals surface area contributed by atoms with Crippen molar-refractivity contribution in [1.29, 1.82) is 0 Å². The van der Waals surface area contributed by atoms with E-state index in [0.717, 1.165) is 22.0 Å². The predicted molar refractivity (Wildman–Crippen MR) is 116 cm³/mol. The van der Waals surface area contributed by atoms with Gasteiger partial charge in [-0.2, -0.15) is 10.2 Å². The summed E-state index contributed by atoms with van der Waals surface area (Å²) in [5, 5.41) is 23.0. The number of anilines is 3. The molecule has 29 heavy (non-hydrogen) atoms. The normalized spacial score (nSPS) is 12.3. The topological polar surface area (TPSA) is 99.5 Å². The average molecular weight is 429 g/mol. The molecule has 0 spiro atoms. The number of nitrogens with two attached hydrogens (primary N) is 1. The molecule has 3 heterocycles. The Bertz CT molecular complexity index is 1150. The van der Waals surface area contributed by atoms with Gasteiger partial charge in [0.2, 0.25) is 5.13 Å². The smallest absolute Gasteiger partial charge is 0.211 e. The fraction of sp³-hybridized carbons (Fsp3) is 0.263. The van der Waals surface area contributed by atoms with Crippen LogP contribution < -0.4 is 11.1 Å². The molecule has 0 aliphatic carbocycles. The van der Waals surface area contributed by atoms with E-state index in [-0.39, 0.29) is 6.04 Å². The van der Waals surface area contributed by atoms with Crippen molar-refractivity contribution in [2.75, 3.05) is 11.1 Å². The highest BCUT2D eigenvalue weighted by molar-refractivity contribution is 7.15. The number of aromatic nitrogens is 6. The zero-order valence-electron chi connectivity index (χ0n) is 16.3. The van der Waals surface area contributed by atoms with Crippen molar-refractivity contribution in [1.82, 2.24) is 29.8 Å². The Labute approximate surface area is 177 Å². The molecule has 0 saturated heterocycles. The second-order valence-electron chi connectivity index (χ2n) is 6.86. The average Bonchev–Trinajstić information content (AvgIpc) is 3.39. The molecule has 0 amide bonds. The van der Waals surface area contributed by atoms with Gasteiger partial charge in [0, 0.05) is 28.7 Å². The summed E-state index contributed by atoms with van der Waals surface area (Å²) >= 11 is 7.55. The van der Waals surface area contributed by atoms with Crippen LogP contribution in [0.15, 0.2) is 36.5 Å². The highest BCUT2D eigenvalue weighted by Gasteiger charge is 2.17. The van der Waals surface area contributed by atoms with E-state index in [9.17, 15) is 0 Å². The molecule has 1 aromatic carbocycles. The molecule has 0 saturated carbocycles. The van der Waals surface area contributed by atoms with Gasteiger partial charge >= 0.3 is 0 Å². The van der Waals surface area contributed by atoms with E-state index in [1.54, 1.807) is 16.8 Å². The van der Waals surface area contributed by atoms with E-state index in [4.69, 9.17) is 17.3 Å². The summed E-state index contributed by atoms with van der Waals surface area (Å²) in [5.41, 5.74) is 9.71. The molecule has 0 bridgehead atoms. The summed E-state index contributed by atoms with van der Waals surface area (Å²) in [6, 6.07) is 9.37. The highest BCUT2D eigenvalue weighted by atomic mass is 35.5. The first-order valence-corrected chi connectivity index (χ1v) is 10.3. The second kappa shape index (κ2) is 7.84. The maximum Gasteiger partial charge on any atom is 0.211 e. The maximum atomic E-state index is 6.06. The minimum Gasteiger partial charge on any atom is -0.398 e. The number of nitrogens with one attached hydrogen (secondary N) is 1. The molecule has 8 nitrogen and oxygen atoms in total. The van der Waals surface area contributed by atoms with E-state index >= 15 is 0 Å². The lowest BCUT2D eigenvalue weighted by Crippen LogP contribution is -2.10. The van der Waals surface area contributed by atoms with Crippen LogP contribution in [0.4, 0.5) is 16.6 Å². The van der Waals surface area contributed by atoms with Crippen LogP contribution in [0.3, 0.4) is 0 Å². The van der Waals surface area contributed by atoms with Gasteiger partial charge in [0.25, 0.3) is 0 Å². The Hall–Kier alpha value is -2.91. The standard InChI is InChI=1S/C19H21ClN8S/c1-11-8-12(2)28(25-11)13(3)18-23-24-19(29-18)22-17-6-7-27(26-17)10-14-9-15(20)4-5-16(14)21/h4-9,13H,10,21H2,1-3H3,(H,22,24,26). The Morgan fingerprint density at radius 3 is 2.76 bits per heavy atom. The first-order chi connectivity index (χ1) is 13.9. The molecule has 1 unspecified atom stereocenters. The number of hydrogen-bond donors (Lipinski definition) is 2. The van der Waals surface area contributed by atoms with Crippen LogP contribution >= 0.6 is 22.9 Å². The lowest BCUT2D eigenvalue weighted by molar-refractivity contribution is 0.540. The molecule has 1 atom stereocenters. The minimum absolute atomic E-state index is 0.0140. The van der Waals surface area contributed by atoms with E-state index in [0.29, 0.717) is 28.2 Å². The number of rotatable bonds is 6. The van der Waals surface area contributed by atoms with E-state index < -0.39 is 0 Å². The van der Waals surface area contributed by atoms with Crippen LogP contribution in [0.2, 0.25) is 5.02 Å². The Morgan fingerprint density at radius 1 is 1.17 bits per heavy atom. The summed E-state index contributed by atoms with van der Waals surface area (Å²) in [5.74, 6) is 0.687. The Morgan fingerprint density at radius 2 is 2.00 bits per heavy atom. The third kappa shape index (κ3) is 4.25. The number of nitrogens with zero attached hydrogens (tertiary/aromatic N) is 6. The molecule has 0 fully saturated rings. The van der Waals surface area contributed by atoms with Crippen molar-refractivity contribution in [2.45, 2.75) is 33.4 Å². The monoisotopic (exact) mass is 428 g/mol. The molecule has 4 aromatic rings. The predicted octanol–water partition coefficient (Wildman–Crippen LogP) is 4.18. The Kier molecular flexibility index (Phi) is 5.25. The molecular formula is C19H21ClN8S. The summed E-state index contributed by atoms with van der Waals surface area (Å²) in [7, 11) is 0. The SMILES string of the molecule is Cc1cc(C)n(C(C)c2nnc(Nc3ccn(Cc4cc(Cl)ccc4N)n3)s2)n1. The maximum absolute atomic E-state index is 6.06. The van der Waals surface area contributed by atoms with Crippen molar-refractivity contribution >= 4 is 39.6 Å². The summed E-state index contributed by atoms with van der Waals surface area (Å²) in [6.07, 6.45) is 1.88. The molecule has 10 heteroatoms. The van der Waals surface area contributed by atoms with Gasteiger partial charge in [0.15, 0.2) is 5.82 Å². The van der Waals surface area contributed by atoms with E-state index in [1.165, 1.54) is 11.3 Å².